The number of nitrogens with zero attached hydrogens (tertiary/aromatic N) is 1. The zero-order chi connectivity index (χ0) is 23.1. The molecule has 5 rings (SSSR count). The molecule has 1 aliphatic heterocycles. The molecule has 3 atom stereocenters. The second-order valence-corrected chi connectivity index (χ2v) is 11.1. The Labute approximate surface area is 195 Å². The van der Waals surface area contributed by atoms with E-state index in [-0.39, 0.29) is 17.3 Å². The maximum absolute atomic E-state index is 13.0. The highest BCUT2D eigenvalue weighted by Gasteiger charge is 2.59. The summed E-state index contributed by atoms with van der Waals surface area (Å²) >= 11 is 0. The molecular formula is C25H31FN2O4S. The van der Waals surface area contributed by atoms with Crippen LogP contribution in [0.15, 0.2) is 42.5 Å². The van der Waals surface area contributed by atoms with E-state index >= 15 is 0 Å². The molecule has 0 radical (unpaired) electrons. The van der Waals surface area contributed by atoms with Crippen molar-refractivity contribution >= 4 is 10.2 Å². The summed E-state index contributed by atoms with van der Waals surface area (Å²) in [7, 11) is -3.41. The molecule has 33 heavy (non-hydrogen) atoms. The summed E-state index contributed by atoms with van der Waals surface area (Å²) in [5.41, 5.74) is 2.19. The monoisotopic (exact) mass is 474 g/mol. The Kier molecular flexibility index (Phi) is 6.09. The second-order valence-electron chi connectivity index (χ2n) is 9.44. The Hall–Kier alpha value is -2.16. The van der Waals surface area contributed by atoms with Crippen LogP contribution < -0.4 is 14.2 Å². The largest absolute Gasteiger partial charge is 0.490 e. The number of nitrogens with one attached hydrogen (secondary N) is 1. The van der Waals surface area contributed by atoms with E-state index in [4.69, 9.17) is 9.47 Å². The maximum Gasteiger partial charge on any atom is 0.280 e. The third kappa shape index (κ3) is 4.36. The van der Waals surface area contributed by atoms with E-state index in [1.807, 2.05) is 13.0 Å². The van der Waals surface area contributed by atoms with Crippen LogP contribution >= 0.6 is 0 Å². The number of hydrogen-bond acceptors (Lipinski definition) is 4. The first-order chi connectivity index (χ1) is 15.9. The van der Waals surface area contributed by atoms with Gasteiger partial charge in [0.05, 0.1) is 5.54 Å². The van der Waals surface area contributed by atoms with E-state index in [0.29, 0.717) is 38.0 Å². The van der Waals surface area contributed by atoms with Crippen molar-refractivity contribution in [2.24, 2.45) is 11.8 Å². The molecule has 2 aromatic rings. The Morgan fingerprint density at radius 1 is 1.00 bits per heavy atom. The normalized spacial score (nSPS) is 27.9. The number of rotatable bonds is 7. The van der Waals surface area contributed by atoms with E-state index in [9.17, 15) is 12.8 Å². The van der Waals surface area contributed by atoms with Crippen LogP contribution in [0.2, 0.25) is 0 Å². The van der Waals surface area contributed by atoms with E-state index in [1.165, 1.54) is 23.3 Å². The highest BCUT2D eigenvalue weighted by atomic mass is 32.2. The zero-order valence-corrected chi connectivity index (χ0v) is 19.7. The number of ether oxygens (including phenoxy) is 2. The maximum atomic E-state index is 13.0. The lowest BCUT2D eigenvalue weighted by molar-refractivity contribution is 0.212. The van der Waals surface area contributed by atoms with Crippen molar-refractivity contribution in [1.82, 2.24) is 9.03 Å². The van der Waals surface area contributed by atoms with E-state index in [0.717, 1.165) is 37.9 Å². The standard InChI is InChI=1S/C25H31FN2O4S/c1-2-11-28-17-25(27-33(28,29)30)20-4-5-21(25)15-19-16-24(8-3-18(19)14-20)32-13-12-31-23-9-6-22(26)7-10-23/h3,6-10,16,20-21,27H,2,4-5,11-15,17H2,1H3. The second kappa shape index (κ2) is 8.89. The fraction of sp³-hybridized carbons (Fsp3) is 0.520. The van der Waals surface area contributed by atoms with Gasteiger partial charge >= 0.3 is 0 Å². The summed E-state index contributed by atoms with van der Waals surface area (Å²) in [5, 5.41) is 0. The summed E-state index contributed by atoms with van der Waals surface area (Å²) < 4.78 is 54.9. The molecule has 1 saturated carbocycles. The molecule has 2 bridgehead atoms. The van der Waals surface area contributed by atoms with Gasteiger partial charge in [-0.05, 0) is 91.5 Å². The van der Waals surface area contributed by atoms with Crippen molar-refractivity contribution in [1.29, 1.82) is 0 Å². The van der Waals surface area contributed by atoms with Crippen LogP contribution in [-0.4, -0.2) is 44.6 Å². The lowest BCUT2D eigenvalue weighted by atomic mass is 9.79. The molecule has 3 aliphatic rings. The van der Waals surface area contributed by atoms with Gasteiger partial charge in [0, 0.05) is 13.1 Å². The zero-order valence-electron chi connectivity index (χ0n) is 18.9. The van der Waals surface area contributed by atoms with Crippen molar-refractivity contribution in [3.63, 3.8) is 0 Å². The van der Waals surface area contributed by atoms with E-state index in [2.05, 4.69) is 16.9 Å². The summed E-state index contributed by atoms with van der Waals surface area (Å²) in [6.45, 7) is 3.92. The highest BCUT2D eigenvalue weighted by molar-refractivity contribution is 7.87. The minimum Gasteiger partial charge on any atom is -0.490 e. The van der Waals surface area contributed by atoms with Crippen LogP contribution in [0.3, 0.4) is 0 Å². The van der Waals surface area contributed by atoms with Gasteiger partial charge < -0.3 is 9.47 Å². The van der Waals surface area contributed by atoms with Crippen molar-refractivity contribution in [3.05, 3.63) is 59.4 Å². The Bertz CT molecular complexity index is 1110. The number of halogens is 1. The molecule has 1 heterocycles. The SMILES string of the molecule is CCCN1CC2(NS1(=O)=O)C1CCC2Cc2cc(OCCOc3ccc(F)cc3)ccc2C1. The number of fused-ring (bicyclic) bond motifs is 1. The fourth-order valence-corrected chi connectivity index (χ4v) is 7.68. The van der Waals surface area contributed by atoms with Crippen LogP contribution in [0.1, 0.15) is 37.3 Å². The number of hydrogen-bond donors (Lipinski definition) is 1. The third-order valence-corrected chi connectivity index (χ3v) is 9.06. The van der Waals surface area contributed by atoms with Gasteiger partial charge in [0.1, 0.15) is 30.5 Å². The van der Waals surface area contributed by atoms with Crippen LogP contribution in [0.4, 0.5) is 4.39 Å². The highest BCUT2D eigenvalue weighted by Crippen LogP contribution is 2.50. The fourth-order valence-electron chi connectivity index (χ4n) is 5.87. The molecule has 178 valence electrons. The molecule has 6 nitrogen and oxygen atoms in total. The first-order valence-electron chi connectivity index (χ1n) is 11.8. The Morgan fingerprint density at radius 3 is 2.33 bits per heavy atom. The molecule has 1 N–H and O–H groups in total. The van der Waals surface area contributed by atoms with Crippen molar-refractivity contribution in [2.45, 2.75) is 44.6 Å². The average Bonchev–Trinajstić information content (AvgIpc) is 3.18. The van der Waals surface area contributed by atoms with Crippen LogP contribution in [-0.2, 0) is 23.1 Å². The lowest BCUT2D eigenvalue weighted by Crippen LogP contribution is -2.52. The van der Waals surface area contributed by atoms with Crippen LogP contribution in [0, 0.1) is 17.7 Å². The van der Waals surface area contributed by atoms with Gasteiger partial charge in [0.25, 0.3) is 10.2 Å². The molecule has 2 aromatic carbocycles. The average molecular weight is 475 g/mol. The third-order valence-electron chi connectivity index (χ3n) is 7.44. The molecule has 8 heteroatoms. The topological polar surface area (TPSA) is 67.9 Å². The summed E-state index contributed by atoms with van der Waals surface area (Å²) in [5.74, 6) is 1.72. The van der Waals surface area contributed by atoms with Crippen molar-refractivity contribution in [3.8, 4) is 11.5 Å². The van der Waals surface area contributed by atoms with Gasteiger partial charge in [-0.3, -0.25) is 0 Å². The van der Waals surface area contributed by atoms with Crippen LogP contribution in [0.5, 0.6) is 11.5 Å². The smallest absolute Gasteiger partial charge is 0.280 e. The lowest BCUT2D eigenvalue weighted by Gasteiger charge is -2.33. The Balaban J connectivity index is 1.26. The van der Waals surface area contributed by atoms with Crippen LogP contribution in [0.25, 0.3) is 0 Å². The Morgan fingerprint density at radius 2 is 1.64 bits per heavy atom. The molecule has 0 aromatic heterocycles. The van der Waals surface area contributed by atoms with E-state index < -0.39 is 10.2 Å². The minimum absolute atomic E-state index is 0.289. The summed E-state index contributed by atoms with van der Waals surface area (Å²) in [6, 6.07) is 12.2. The molecule has 2 fully saturated rings. The van der Waals surface area contributed by atoms with Gasteiger partial charge in [-0.15, -0.1) is 0 Å². The molecular weight excluding hydrogens is 443 g/mol. The van der Waals surface area contributed by atoms with Gasteiger partial charge in [0.15, 0.2) is 0 Å². The predicted octanol–water partition coefficient (Wildman–Crippen LogP) is 3.71. The van der Waals surface area contributed by atoms with Gasteiger partial charge in [-0.25, -0.2) is 4.39 Å². The van der Waals surface area contributed by atoms with Crippen molar-refractivity contribution < 1.29 is 22.3 Å². The molecule has 1 saturated heterocycles. The van der Waals surface area contributed by atoms with Crippen molar-refractivity contribution in [2.75, 3.05) is 26.3 Å². The predicted molar refractivity (Wildman–Crippen MR) is 124 cm³/mol. The molecule has 0 amide bonds. The van der Waals surface area contributed by atoms with E-state index in [1.54, 1.807) is 16.4 Å². The number of benzene rings is 2. The minimum atomic E-state index is -3.41. The molecule has 2 aliphatic carbocycles. The van der Waals surface area contributed by atoms with Gasteiger partial charge in [-0.1, -0.05) is 13.0 Å². The van der Waals surface area contributed by atoms with Gasteiger partial charge in [-0.2, -0.15) is 17.4 Å². The molecule has 1 spiro atoms. The summed E-state index contributed by atoms with van der Waals surface area (Å²) in [4.78, 5) is 0. The van der Waals surface area contributed by atoms with Gasteiger partial charge in [0.2, 0.25) is 0 Å². The first kappa shape index (κ1) is 22.6. The quantitative estimate of drug-likeness (QED) is 0.622. The molecule has 3 unspecified atom stereocenters. The first-order valence-corrected chi connectivity index (χ1v) is 13.3. The summed E-state index contributed by atoms with van der Waals surface area (Å²) in [6.07, 6.45) is 4.67.